The van der Waals surface area contributed by atoms with Crippen LogP contribution in [-0.4, -0.2) is 40.9 Å². The maximum Gasteiger partial charge on any atom is 0.212 e. The van der Waals surface area contributed by atoms with Crippen LogP contribution in [-0.2, 0) is 27.3 Å². The molecule has 0 saturated carbocycles. The van der Waals surface area contributed by atoms with Crippen molar-refractivity contribution < 1.29 is 19.4 Å². The Kier molecular flexibility index (Phi) is 9.86. The first-order chi connectivity index (χ1) is 21.5. The highest BCUT2D eigenvalue weighted by Gasteiger charge is 2.15. The van der Waals surface area contributed by atoms with Gasteiger partial charge in [-0.1, -0.05) is 83.2 Å². The van der Waals surface area contributed by atoms with Crippen molar-refractivity contribution >= 4 is 5.78 Å². The van der Waals surface area contributed by atoms with Gasteiger partial charge in [-0.15, -0.1) is 10.2 Å². The summed E-state index contributed by atoms with van der Waals surface area (Å²) in [5.41, 5.74) is 4.68. The lowest BCUT2D eigenvalue weighted by Crippen LogP contribution is -2.08. The second kappa shape index (κ2) is 14.5. The molecule has 0 fully saturated rings. The van der Waals surface area contributed by atoms with E-state index in [9.17, 15) is 9.90 Å². The molecule has 0 aliphatic rings. The van der Waals surface area contributed by atoms with Crippen LogP contribution in [0.3, 0.4) is 0 Å². The number of aryl methyl sites for hydroxylation is 2. The number of carbonyl (C=O) groups excluding carboxylic acids is 1. The first kappa shape index (κ1) is 29.9. The molecule has 1 atom stereocenters. The molecule has 10 heteroatoms. The summed E-state index contributed by atoms with van der Waals surface area (Å²) in [7, 11) is 3.44. The van der Waals surface area contributed by atoms with Crippen molar-refractivity contribution in [2.75, 3.05) is 0 Å². The van der Waals surface area contributed by atoms with Gasteiger partial charge in [-0.2, -0.15) is 0 Å². The van der Waals surface area contributed by atoms with Crippen LogP contribution in [0.2, 0.25) is 0 Å². The molecule has 0 spiro atoms. The van der Waals surface area contributed by atoms with Crippen LogP contribution in [0.4, 0.5) is 0 Å². The van der Waals surface area contributed by atoms with E-state index < -0.39 is 6.10 Å². The third-order valence-corrected chi connectivity index (χ3v) is 6.79. The van der Waals surface area contributed by atoms with Crippen LogP contribution < -0.4 is 9.47 Å². The lowest BCUT2D eigenvalue weighted by Gasteiger charge is -2.12. The smallest absolute Gasteiger partial charge is 0.212 e. The van der Waals surface area contributed by atoms with Gasteiger partial charge < -0.3 is 14.6 Å². The SMILES string of the molecule is Cn1nncc1C(=O)c1ccc(OCc2ccccc2)cc1.Cn1nncc1C(O)c1ccc(OCc2ccccc2)cc1. The second-order valence-corrected chi connectivity index (χ2v) is 9.90. The number of ether oxygens (including phenoxy) is 2. The molecule has 0 aliphatic heterocycles. The van der Waals surface area contributed by atoms with Gasteiger partial charge in [0.1, 0.15) is 36.5 Å². The van der Waals surface area contributed by atoms with Gasteiger partial charge in [-0.3, -0.25) is 4.79 Å². The Labute approximate surface area is 255 Å². The number of ketones is 1. The summed E-state index contributed by atoms with van der Waals surface area (Å²) < 4.78 is 14.5. The Bertz CT molecular complexity index is 1750. The zero-order valence-electron chi connectivity index (χ0n) is 24.4. The maximum absolute atomic E-state index is 12.3. The molecule has 2 heterocycles. The first-order valence-corrected chi connectivity index (χ1v) is 13.9. The fourth-order valence-electron chi connectivity index (χ4n) is 4.29. The number of benzene rings is 4. The summed E-state index contributed by atoms with van der Waals surface area (Å²) in [5, 5.41) is 25.4. The Balaban J connectivity index is 0.000000175. The number of hydrogen-bond donors (Lipinski definition) is 1. The molecule has 44 heavy (non-hydrogen) atoms. The van der Waals surface area contributed by atoms with Crippen LogP contribution in [0.5, 0.6) is 11.5 Å². The third-order valence-electron chi connectivity index (χ3n) is 6.79. The molecule has 6 aromatic rings. The van der Waals surface area contributed by atoms with Crippen molar-refractivity contribution in [3.63, 3.8) is 0 Å². The molecule has 6 rings (SSSR count). The molecule has 0 saturated heterocycles. The number of rotatable bonds is 10. The van der Waals surface area contributed by atoms with E-state index >= 15 is 0 Å². The molecule has 4 aromatic carbocycles. The lowest BCUT2D eigenvalue weighted by atomic mass is 10.1. The zero-order valence-corrected chi connectivity index (χ0v) is 24.4. The number of aliphatic hydroxyl groups is 1. The molecule has 0 radical (unpaired) electrons. The molecule has 0 amide bonds. The Morgan fingerprint density at radius 2 is 1.18 bits per heavy atom. The van der Waals surface area contributed by atoms with E-state index in [0.717, 1.165) is 28.2 Å². The Morgan fingerprint density at radius 3 is 1.66 bits per heavy atom. The summed E-state index contributed by atoms with van der Waals surface area (Å²) in [6.45, 7) is 1.02. The average molecular weight is 589 g/mol. The second-order valence-electron chi connectivity index (χ2n) is 9.90. The third kappa shape index (κ3) is 7.81. The highest BCUT2D eigenvalue weighted by Crippen LogP contribution is 2.23. The summed E-state index contributed by atoms with van der Waals surface area (Å²) in [6.07, 6.45) is 2.27. The van der Waals surface area contributed by atoms with Crippen molar-refractivity contribution in [1.29, 1.82) is 0 Å². The van der Waals surface area contributed by atoms with Crippen LogP contribution in [0.15, 0.2) is 122 Å². The molecule has 1 N–H and O–H groups in total. The van der Waals surface area contributed by atoms with E-state index in [2.05, 4.69) is 20.6 Å². The number of carbonyl (C=O) groups is 1. The van der Waals surface area contributed by atoms with Crippen molar-refractivity contribution in [1.82, 2.24) is 30.0 Å². The molecule has 0 aliphatic carbocycles. The van der Waals surface area contributed by atoms with Crippen molar-refractivity contribution in [2.45, 2.75) is 19.3 Å². The molecule has 0 bridgehead atoms. The normalized spacial score (nSPS) is 11.2. The fraction of sp³-hybridized carbons (Fsp3) is 0.147. The monoisotopic (exact) mass is 588 g/mol. The van der Waals surface area contributed by atoms with Gasteiger partial charge in [0.15, 0.2) is 0 Å². The lowest BCUT2D eigenvalue weighted by molar-refractivity contribution is 0.103. The molecule has 222 valence electrons. The largest absolute Gasteiger partial charge is 0.489 e. The van der Waals surface area contributed by atoms with Gasteiger partial charge in [0.05, 0.1) is 18.1 Å². The van der Waals surface area contributed by atoms with E-state index in [0.29, 0.717) is 30.2 Å². The van der Waals surface area contributed by atoms with E-state index in [1.54, 1.807) is 49.2 Å². The highest BCUT2D eigenvalue weighted by atomic mass is 16.5. The van der Waals surface area contributed by atoms with Gasteiger partial charge in [-0.25, -0.2) is 9.36 Å². The van der Waals surface area contributed by atoms with Crippen LogP contribution in [0.1, 0.15) is 44.5 Å². The van der Waals surface area contributed by atoms with Crippen LogP contribution in [0.25, 0.3) is 0 Å². The molecule has 2 aromatic heterocycles. The van der Waals surface area contributed by atoms with Gasteiger partial charge >= 0.3 is 0 Å². The highest BCUT2D eigenvalue weighted by molar-refractivity contribution is 6.07. The Hall–Kier alpha value is -5.61. The average Bonchev–Trinajstić information content (AvgIpc) is 3.71. The molecule has 10 nitrogen and oxygen atoms in total. The number of hydrogen-bond acceptors (Lipinski definition) is 8. The van der Waals surface area contributed by atoms with E-state index in [4.69, 9.17) is 9.47 Å². The van der Waals surface area contributed by atoms with E-state index in [1.165, 1.54) is 10.9 Å². The van der Waals surface area contributed by atoms with E-state index in [-0.39, 0.29) is 5.78 Å². The first-order valence-electron chi connectivity index (χ1n) is 13.9. The van der Waals surface area contributed by atoms with Gasteiger partial charge in [0.25, 0.3) is 0 Å². The van der Waals surface area contributed by atoms with E-state index in [1.807, 2.05) is 84.9 Å². The van der Waals surface area contributed by atoms with Crippen molar-refractivity contribution in [3.05, 3.63) is 155 Å². The summed E-state index contributed by atoms with van der Waals surface area (Å²) in [5.74, 6) is 1.38. The molecular weight excluding hydrogens is 556 g/mol. The van der Waals surface area contributed by atoms with Gasteiger partial charge in [0.2, 0.25) is 5.78 Å². The molecular formula is C34H32N6O4. The summed E-state index contributed by atoms with van der Waals surface area (Å²) in [4.78, 5) is 12.3. The Morgan fingerprint density at radius 1 is 0.682 bits per heavy atom. The number of aromatic nitrogens is 6. The molecule has 1 unspecified atom stereocenters. The van der Waals surface area contributed by atoms with Crippen LogP contribution >= 0.6 is 0 Å². The number of aliphatic hydroxyl groups excluding tert-OH is 1. The van der Waals surface area contributed by atoms with Crippen LogP contribution in [0, 0.1) is 0 Å². The van der Waals surface area contributed by atoms with Gasteiger partial charge in [0, 0.05) is 19.7 Å². The van der Waals surface area contributed by atoms with Crippen molar-refractivity contribution in [2.24, 2.45) is 14.1 Å². The fourth-order valence-corrected chi connectivity index (χ4v) is 4.29. The summed E-state index contributed by atoms with van der Waals surface area (Å²) in [6, 6.07) is 34.4. The predicted octanol–water partition coefficient (Wildman–Crippen LogP) is 5.10. The standard InChI is InChI=1S/C17H17N3O2.C17H15N3O2/c2*1-20-16(11-18-19-20)17(21)14-7-9-15(10-8-14)22-12-13-5-3-2-4-6-13/h2-11,17,21H,12H2,1H3;2-11H,12H2,1H3. The topological polar surface area (TPSA) is 117 Å². The number of nitrogens with zero attached hydrogens (tertiary/aromatic N) is 6. The zero-order chi connectivity index (χ0) is 30.7. The minimum absolute atomic E-state index is 0.109. The maximum atomic E-state index is 12.3. The minimum atomic E-state index is -0.747. The van der Waals surface area contributed by atoms with Gasteiger partial charge in [-0.05, 0) is 53.1 Å². The van der Waals surface area contributed by atoms with Crippen molar-refractivity contribution in [3.8, 4) is 11.5 Å². The predicted molar refractivity (Wildman–Crippen MR) is 164 cm³/mol. The summed E-state index contributed by atoms with van der Waals surface area (Å²) >= 11 is 0. The quantitative estimate of drug-likeness (QED) is 0.220. The minimum Gasteiger partial charge on any atom is -0.489 e.